The van der Waals surface area contributed by atoms with Crippen molar-refractivity contribution in [3.63, 3.8) is 0 Å². The Morgan fingerprint density at radius 3 is 1.60 bits per heavy atom. The van der Waals surface area contributed by atoms with Crippen LogP contribution < -0.4 is 5.32 Å². The van der Waals surface area contributed by atoms with E-state index in [0.717, 1.165) is 0 Å². The van der Waals surface area contributed by atoms with Gasteiger partial charge in [-0.05, 0) is 25.3 Å². The van der Waals surface area contributed by atoms with Crippen LogP contribution in [0.2, 0.25) is 0 Å². The van der Waals surface area contributed by atoms with Crippen LogP contribution in [-0.2, 0) is 0 Å². The van der Waals surface area contributed by atoms with Crippen LogP contribution in [-0.4, -0.2) is 13.1 Å². The molecule has 1 N–H and O–H groups in total. The van der Waals surface area contributed by atoms with Crippen molar-refractivity contribution < 1.29 is 0 Å². The standard InChI is InChI=1S/C19H41N/c1-6-7-8-9-10-11-12-13-14-15-16-18(20-5)17-19(2,3)4/h18,20H,6-17H2,1-5H3. The Bertz CT molecular complexity index is 192. The van der Waals surface area contributed by atoms with Crippen molar-refractivity contribution in [2.45, 2.75) is 111 Å². The van der Waals surface area contributed by atoms with Gasteiger partial charge in [-0.25, -0.2) is 0 Å². The minimum Gasteiger partial charge on any atom is -0.317 e. The maximum atomic E-state index is 3.49. The van der Waals surface area contributed by atoms with E-state index >= 15 is 0 Å². The summed E-state index contributed by atoms with van der Waals surface area (Å²) >= 11 is 0. The third kappa shape index (κ3) is 14.4. The zero-order chi connectivity index (χ0) is 15.3. The monoisotopic (exact) mass is 283 g/mol. The Labute approximate surface area is 129 Å². The van der Waals surface area contributed by atoms with Crippen molar-refractivity contribution in [3.8, 4) is 0 Å². The molecule has 0 aromatic carbocycles. The summed E-state index contributed by atoms with van der Waals surface area (Å²) < 4.78 is 0. The van der Waals surface area contributed by atoms with E-state index in [0.29, 0.717) is 11.5 Å². The number of nitrogens with one attached hydrogen (secondary N) is 1. The van der Waals surface area contributed by atoms with Crippen LogP contribution >= 0.6 is 0 Å². The minimum atomic E-state index is 0.451. The second-order valence-electron chi connectivity index (χ2n) is 7.72. The highest BCUT2D eigenvalue weighted by molar-refractivity contribution is 4.73. The highest BCUT2D eigenvalue weighted by Gasteiger charge is 2.16. The maximum Gasteiger partial charge on any atom is 0.00690 e. The number of unbranched alkanes of at least 4 members (excludes halogenated alkanes) is 9. The lowest BCUT2D eigenvalue weighted by atomic mass is 9.86. The first kappa shape index (κ1) is 20.0. The molecule has 0 aliphatic carbocycles. The number of hydrogen-bond acceptors (Lipinski definition) is 1. The van der Waals surface area contributed by atoms with Gasteiger partial charge in [0.15, 0.2) is 0 Å². The molecular weight excluding hydrogens is 242 g/mol. The summed E-state index contributed by atoms with van der Waals surface area (Å²) in [6.45, 7) is 9.32. The van der Waals surface area contributed by atoms with Crippen LogP contribution in [0.3, 0.4) is 0 Å². The Morgan fingerprint density at radius 1 is 0.750 bits per heavy atom. The highest BCUT2D eigenvalue weighted by Crippen LogP contribution is 2.23. The van der Waals surface area contributed by atoms with Crippen molar-refractivity contribution >= 4 is 0 Å². The molecule has 0 radical (unpaired) electrons. The van der Waals surface area contributed by atoms with Crippen LogP contribution in [0.1, 0.15) is 105 Å². The van der Waals surface area contributed by atoms with Crippen molar-refractivity contribution in [2.75, 3.05) is 7.05 Å². The molecule has 0 rings (SSSR count). The Morgan fingerprint density at radius 2 is 1.20 bits per heavy atom. The first-order chi connectivity index (χ1) is 9.49. The van der Waals surface area contributed by atoms with Crippen LogP contribution in [0, 0.1) is 5.41 Å². The van der Waals surface area contributed by atoms with Crippen molar-refractivity contribution in [1.82, 2.24) is 5.32 Å². The first-order valence-corrected chi connectivity index (χ1v) is 9.17. The molecule has 0 spiro atoms. The van der Waals surface area contributed by atoms with Crippen LogP contribution in [0.25, 0.3) is 0 Å². The number of rotatable bonds is 13. The summed E-state index contributed by atoms with van der Waals surface area (Å²) in [5.41, 5.74) is 0.451. The largest absolute Gasteiger partial charge is 0.317 e. The fraction of sp³-hybridized carbons (Fsp3) is 1.00. The summed E-state index contributed by atoms with van der Waals surface area (Å²) in [6.07, 6.45) is 17.0. The van der Waals surface area contributed by atoms with E-state index in [2.05, 4.69) is 40.1 Å². The number of hydrogen-bond donors (Lipinski definition) is 1. The Hall–Kier alpha value is -0.0400. The van der Waals surface area contributed by atoms with Gasteiger partial charge >= 0.3 is 0 Å². The summed E-state index contributed by atoms with van der Waals surface area (Å²) in [4.78, 5) is 0. The van der Waals surface area contributed by atoms with Gasteiger partial charge in [0.05, 0.1) is 0 Å². The normalized spacial score (nSPS) is 13.7. The van der Waals surface area contributed by atoms with Gasteiger partial charge in [-0.3, -0.25) is 0 Å². The summed E-state index contributed by atoms with van der Waals surface area (Å²) in [5, 5.41) is 3.49. The third-order valence-corrected chi connectivity index (χ3v) is 4.17. The van der Waals surface area contributed by atoms with E-state index in [4.69, 9.17) is 0 Å². The third-order valence-electron chi connectivity index (χ3n) is 4.17. The molecule has 1 atom stereocenters. The zero-order valence-electron chi connectivity index (χ0n) is 15.1. The van der Waals surface area contributed by atoms with Gasteiger partial charge in [-0.15, -0.1) is 0 Å². The van der Waals surface area contributed by atoms with Crippen LogP contribution in [0.5, 0.6) is 0 Å². The molecule has 1 nitrogen and oxygen atoms in total. The topological polar surface area (TPSA) is 12.0 Å². The molecule has 0 saturated carbocycles. The van der Waals surface area contributed by atoms with Crippen molar-refractivity contribution in [1.29, 1.82) is 0 Å². The molecule has 0 aliphatic heterocycles. The lowest BCUT2D eigenvalue weighted by Crippen LogP contribution is -2.29. The molecule has 1 heteroatoms. The van der Waals surface area contributed by atoms with E-state index in [-0.39, 0.29) is 0 Å². The predicted molar refractivity (Wildman–Crippen MR) is 93.4 cm³/mol. The molecule has 0 saturated heterocycles. The average Bonchev–Trinajstić information content (AvgIpc) is 2.38. The molecule has 0 aromatic heterocycles. The molecule has 1 unspecified atom stereocenters. The van der Waals surface area contributed by atoms with Gasteiger partial charge in [0.25, 0.3) is 0 Å². The van der Waals surface area contributed by atoms with Crippen molar-refractivity contribution in [2.24, 2.45) is 5.41 Å². The second-order valence-corrected chi connectivity index (χ2v) is 7.72. The molecule has 0 fully saturated rings. The molecule has 0 aliphatic rings. The van der Waals surface area contributed by atoms with Gasteiger partial charge in [-0.1, -0.05) is 91.9 Å². The van der Waals surface area contributed by atoms with Gasteiger partial charge in [0.2, 0.25) is 0 Å². The minimum absolute atomic E-state index is 0.451. The lowest BCUT2D eigenvalue weighted by molar-refractivity contribution is 0.302. The van der Waals surface area contributed by atoms with E-state index in [1.165, 1.54) is 77.0 Å². The smallest absolute Gasteiger partial charge is 0.00690 e. The van der Waals surface area contributed by atoms with Crippen LogP contribution in [0.15, 0.2) is 0 Å². The van der Waals surface area contributed by atoms with Crippen LogP contribution in [0.4, 0.5) is 0 Å². The van der Waals surface area contributed by atoms with E-state index < -0.39 is 0 Å². The zero-order valence-corrected chi connectivity index (χ0v) is 15.1. The SMILES string of the molecule is CCCCCCCCCCCCC(CC(C)(C)C)NC. The summed E-state index contributed by atoms with van der Waals surface area (Å²) in [5.74, 6) is 0. The fourth-order valence-electron chi connectivity index (χ4n) is 2.97. The highest BCUT2D eigenvalue weighted by atomic mass is 14.9. The van der Waals surface area contributed by atoms with E-state index in [9.17, 15) is 0 Å². The summed E-state index contributed by atoms with van der Waals surface area (Å²) in [7, 11) is 2.12. The Kier molecular flexibility index (Phi) is 12.7. The van der Waals surface area contributed by atoms with Crippen molar-refractivity contribution in [3.05, 3.63) is 0 Å². The van der Waals surface area contributed by atoms with E-state index in [1.54, 1.807) is 0 Å². The lowest BCUT2D eigenvalue weighted by Gasteiger charge is -2.25. The molecule has 20 heavy (non-hydrogen) atoms. The second kappa shape index (κ2) is 12.7. The molecule has 0 heterocycles. The van der Waals surface area contributed by atoms with Gasteiger partial charge < -0.3 is 5.32 Å². The predicted octanol–water partition coefficient (Wildman–Crippen LogP) is 6.32. The molecular formula is C19H41N. The molecule has 0 bridgehead atoms. The van der Waals surface area contributed by atoms with Gasteiger partial charge in [0, 0.05) is 6.04 Å². The Balaban J connectivity index is 3.33. The molecule has 122 valence electrons. The summed E-state index contributed by atoms with van der Waals surface area (Å²) in [6, 6.07) is 0.712. The van der Waals surface area contributed by atoms with E-state index in [1.807, 2.05) is 0 Å². The quantitative estimate of drug-likeness (QED) is 0.390. The van der Waals surface area contributed by atoms with Gasteiger partial charge in [-0.2, -0.15) is 0 Å². The first-order valence-electron chi connectivity index (χ1n) is 9.17. The average molecular weight is 284 g/mol. The fourth-order valence-corrected chi connectivity index (χ4v) is 2.97. The van der Waals surface area contributed by atoms with Gasteiger partial charge in [0.1, 0.15) is 0 Å². The molecule has 0 aromatic rings. The molecule has 0 amide bonds. The maximum absolute atomic E-state index is 3.49.